The van der Waals surface area contributed by atoms with Gasteiger partial charge in [-0.3, -0.25) is 0 Å². The van der Waals surface area contributed by atoms with E-state index in [-0.39, 0.29) is 11.5 Å². The van der Waals surface area contributed by atoms with E-state index in [2.05, 4.69) is 49.7 Å². The minimum absolute atomic E-state index is 0.265. The van der Waals surface area contributed by atoms with Crippen LogP contribution in [-0.4, -0.2) is 6.54 Å². The summed E-state index contributed by atoms with van der Waals surface area (Å²) in [5.74, 6) is 0. The van der Waals surface area contributed by atoms with Crippen LogP contribution in [0, 0.1) is 5.41 Å². The minimum Gasteiger partial charge on any atom is -0.304 e. The molecule has 0 aliphatic rings. The Morgan fingerprint density at radius 3 is 2.50 bits per heavy atom. The van der Waals surface area contributed by atoms with Gasteiger partial charge in [0.25, 0.3) is 0 Å². The fraction of sp³-hybridized carbons (Fsp3) is 0.429. The Kier molecular flexibility index (Phi) is 4.49. The molecule has 0 spiro atoms. The third-order valence-corrected chi connectivity index (χ3v) is 4.78. The summed E-state index contributed by atoms with van der Waals surface area (Å²) in [4.78, 5) is 2.63. The molecule has 2 rings (SSSR count). The summed E-state index contributed by atoms with van der Waals surface area (Å²) in [6, 6.07) is 8.63. The van der Waals surface area contributed by atoms with E-state index in [1.165, 1.54) is 9.75 Å². The summed E-state index contributed by atoms with van der Waals surface area (Å²) in [6.07, 6.45) is 0. The summed E-state index contributed by atoms with van der Waals surface area (Å²) in [6.45, 7) is 7.71. The first-order valence-electron chi connectivity index (χ1n) is 5.98. The average molecular weight is 300 g/mol. The largest absolute Gasteiger partial charge is 0.304 e. The lowest BCUT2D eigenvalue weighted by molar-refractivity contribution is 0.368. The van der Waals surface area contributed by atoms with Gasteiger partial charge in [-0.1, -0.05) is 38.4 Å². The summed E-state index contributed by atoms with van der Waals surface area (Å²) < 4.78 is 0.851. The van der Waals surface area contributed by atoms with Gasteiger partial charge in [-0.15, -0.1) is 22.7 Å². The van der Waals surface area contributed by atoms with Crippen LogP contribution in [0.4, 0.5) is 0 Å². The summed E-state index contributed by atoms with van der Waals surface area (Å²) in [7, 11) is 0. The molecule has 0 bridgehead atoms. The number of thiophene rings is 2. The molecule has 1 unspecified atom stereocenters. The van der Waals surface area contributed by atoms with Gasteiger partial charge in [0.2, 0.25) is 0 Å². The van der Waals surface area contributed by atoms with Crippen LogP contribution in [0.15, 0.2) is 29.6 Å². The van der Waals surface area contributed by atoms with Crippen molar-refractivity contribution in [2.75, 3.05) is 6.54 Å². The lowest BCUT2D eigenvalue weighted by atomic mass is 9.96. The zero-order valence-corrected chi connectivity index (χ0v) is 13.3. The third kappa shape index (κ3) is 3.82. The van der Waals surface area contributed by atoms with Crippen molar-refractivity contribution in [3.63, 3.8) is 0 Å². The number of hydrogen-bond donors (Lipinski definition) is 1. The molecule has 0 saturated heterocycles. The SMILES string of the molecule is CC(C)(C)CNC(c1cccs1)c1ccc(Cl)s1. The molecule has 18 heavy (non-hydrogen) atoms. The Morgan fingerprint density at radius 1 is 1.22 bits per heavy atom. The van der Waals surface area contributed by atoms with E-state index in [0.29, 0.717) is 0 Å². The zero-order valence-electron chi connectivity index (χ0n) is 10.9. The second-order valence-corrected chi connectivity index (χ2v) is 8.26. The highest BCUT2D eigenvalue weighted by Gasteiger charge is 2.19. The monoisotopic (exact) mass is 299 g/mol. The average Bonchev–Trinajstić information content (AvgIpc) is 2.89. The normalized spacial score (nSPS) is 13.8. The van der Waals surface area contributed by atoms with Crippen LogP contribution in [0.5, 0.6) is 0 Å². The molecule has 0 aliphatic carbocycles. The first-order valence-corrected chi connectivity index (χ1v) is 8.05. The number of halogens is 1. The summed E-state index contributed by atoms with van der Waals surface area (Å²) in [5.41, 5.74) is 0.274. The smallest absolute Gasteiger partial charge is 0.0931 e. The standard InChI is InChI=1S/C14H18ClNS2/c1-14(2,3)9-16-13(10-5-4-8-17-10)11-6-7-12(15)18-11/h4-8,13,16H,9H2,1-3H3. The minimum atomic E-state index is 0.265. The fourth-order valence-corrected chi connectivity index (χ4v) is 3.74. The molecule has 2 aromatic rings. The van der Waals surface area contributed by atoms with Crippen molar-refractivity contribution in [3.05, 3.63) is 43.7 Å². The molecular weight excluding hydrogens is 282 g/mol. The molecule has 0 amide bonds. The maximum Gasteiger partial charge on any atom is 0.0931 e. The number of nitrogens with one attached hydrogen (secondary N) is 1. The fourth-order valence-electron chi connectivity index (χ4n) is 1.69. The van der Waals surface area contributed by atoms with E-state index in [1.54, 1.807) is 22.7 Å². The molecule has 98 valence electrons. The van der Waals surface area contributed by atoms with Crippen molar-refractivity contribution in [1.82, 2.24) is 5.32 Å². The van der Waals surface area contributed by atoms with Crippen LogP contribution in [0.25, 0.3) is 0 Å². The van der Waals surface area contributed by atoms with Gasteiger partial charge in [0.05, 0.1) is 10.4 Å². The summed E-state index contributed by atoms with van der Waals surface area (Å²) in [5, 5.41) is 5.78. The van der Waals surface area contributed by atoms with Gasteiger partial charge in [0.15, 0.2) is 0 Å². The van der Waals surface area contributed by atoms with Gasteiger partial charge >= 0.3 is 0 Å². The molecule has 1 N–H and O–H groups in total. The van der Waals surface area contributed by atoms with E-state index >= 15 is 0 Å². The maximum absolute atomic E-state index is 6.05. The second-order valence-electron chi connectivity index (χ2n) is 5.53. The van der Waals surface area contributed by atoms with Crippen LogP contribution in [0.1, 0.15) is 36.6 Å². The first kappa shape index (κ1) is 14.1. The van der Waals surface area contributed by atoms with Crippen molar-refractivity contribution in [3.8, 4) is 0 Å². The molecule has 0 radical (unpaired) electrons. The molecule has 4 heteroatoms. The van der Waals surface area contributed by atoms with Gasteiger partial charge in [-0.25, -0.2) is 0 Å². The molecule has 1 atom stereocenters. The molecule has 0 aromatic carbocycles. The van der Waals surface area contributed by atoms with Crippen LogP contribution in [-0.2, 0) is 0 Å². The Morgan fingerprint density at radius 2 is 2.00 bits per heavy atom. The lowest BCUT2D eigenvalue weighted by Crippen LogP contribution is -2.30. The molecule has 0 saturated carbocycles. The quantitative estimate of drug-likeness (QED) is 0.819. The van der Waals surface area contributed by atoms with Crippen molar-refractivity contribution in [2.45, 2.75) is 26.8 Å². The van der Waals surface area contributed by atoms with E-state index in [9.17, 15) is 0 Å². The molecule has 1 nitrogen and oxygen atoms in total. The third-order valence-electron chi connectivity index (χ3n) is 2.54. The highest BCUT2D eigenvalue weighted by molar-refractivity contribution is 7.16. The predicted octanol–water partition coefficient (Wildman–Crippen LogP) is 5.19. The van der Waals surface area contributed by atoms with Crippen molar-refractivity contribution in [2.24, 2.45) is 5.41 Å². The Bertz CT molecular complexity index is 482. The van der Waals surface area contributed by atoms with Crippen molar-refractivity contribution in [1.29, 1.82) is 0 Å². The van der Waals surface area contributed by atoms with Crippen LogP contribution < -0.4 is 5.32 Å². The predicted molar refractivity (Wildman–Crippen MR) is 82.9 cm³/mol. The van der Waals surface area contributed by atoms with Gasteiger partial charge in [-0.2, -0.15) is 0 Å². The Hall–Kier alpha value is -0.350. The number of rotatable bonds is 4. The van der Waals surface area contributed by atoms with Crippen LogP contribution >= 0.6 is 34.3 Å². The molecule has 2 heterocycles. The van der Waals surface area contributed by atoms with Crippen molar-refractivity contribution >= 4 is 34.3 Å². The van der Waals surface area contributed by atoms with E-state index in [0.717, 1.165) is 10.9 Å². The van der Waals surface area contributed by atoms with Gasteiger partial charge in [0, 0.05) is 16.3 Å². The van der Waals surface area contributed by atoms with E-state index in [4.69, 9.17) is 11.6 Å². The molecule has 0 fully saturated rings. The number of hydrogen-bond acceptors (Lipinski definition) is 3. The van der Waals surface area contributed by atoms with E-state index in [1.807, 2.05) is 6.07 Å². The van der Waals surface area contributed by atoms with Crippen molar-refractivity contribution < 1.29 is 0 Å². The maximum atomic E-state index is 6.05. The molecule has 0 aliphatic heterocycles. The summed E-state index contributed by atoms with van der Waals surface area (Å²) >= 11 is 9.49. The van der Waals surface area contributed by atoms with Gasteiger partial charge in [-0.05, 0) is 29.0 Å². The topological polar surface area (TPSA) is 12.0 Å². The Balaban J connectivity index is 2.19. The second kappa shape index (κ2) is 5.74. The highest BCUT2D eigenvalue weighted by atomic mass is 35.5. The molecular formula is C14H18ClNS2. The highest BCUT2D eigenvalue weighted by Crippen LogP contribution is 2.33. The van der Waals surface area contributed by atoms with Crippen LogP contribution in [0.2, 0.25) is 4.34 Å². The van der Waals surface area contributed by atoms with Gasteiger partial charge in [0.1, 0.15) is 0 Å². The Labute approximate surface area is 122 Å². The lowest BCUT2D eigenvalue weighted by Gasteiger charge is -2.23. The van der Waals surface area contributed by atoms with Gasteiger partial charge < -0.3 is 5.32 Å². The van der Waals surface area contributed by atoms with Crippen LogP contribution in [0.3, 0.4) is 0 Å². The molecule has 2 aromatic heterocycles. The van der Waals surface area contributed by atoms with E-state index < -0.39 is 0 Å². The first-order chi connectivity index (χ1) is 8.46. The zero-order chi connectivity index (χ0) is 13.2.